The van der Waals surface area contributed by atoms with Crippen LogP contribution in [0.1, 0.15) is 43.5 Å². The van der Waals surface area contributed by atoms with E-state index >= 15 is 0 Å². The molecule has 0 spiro atoms. The average Bonchev–Trinajstić information content (AvgIpc) is 2.82. The number of alkyl halides is 1. The third kappa shape index (κ3) is 5.34. The van der Waals surface area contributed by atoms with Crippen LogP contribution in [0, 0.1) is 0 Å². The van der Waals surface area contributed by atoms with Crippen LogP contribution >= 0.6 is 22.9 Å². The maximum atomic E-state index is 5.76. The number of rotatable bonds is 9. The molecule has 0 saturated carbocycles. The summed E-state index contributed by atoms with van der Waals surface area (Å²) in [6, 6.07) is 0. The molecule has 1 atom stereocenters. The van der Waals surface area contributed by atoms with E-state index in [4.69, 9.17) is 21.1 Å². The molecule has 0 bridgehead atoms. The highest BCUT2D eigenvalue weighted by molar-refractivity contribution is 7.09. The molecule has 0 aliphatic rings. The summed E-state index contributed by atoms with van der Waals surface area (Å²) in [5.74, 6) is 0.465. The van der Waals surface area contributed by atoms with Crippen LogP contribution < -0.4 is 0 Å². The van der Waals surface area contributed by atoms with Gasteiger partial charge in [0.05, 0.1) is 24.8 Å². The van der Waals surface area contributed by atoms with Gasteiger partial charge in [-0.15, -0.1) is 22.9 Å². The van der Waals surface area contributed by atoms with Crippen molar-refractivity contribution in [3.63, 3.8) is 0 Å². The Morgan fingerprint density at radius 1 is 1.35 bits per heavy atom. The molecule has 3 nitrogen and oxygen atoms in total. The summed E-state index contributed by atoms with van der Waals surface area (Å²) < 4.78 is 11.1. The van der Waals surface area contributed by atoms with Crippen molar-refractivity contribution < 1.29 is 9.47 Å². The second-order valence-corrected chi connectivity index (χ2v) is 4.85. The van der Waals surface area contributed by atoms with Gasteiger partial charge in [-0.25, -0.2) is 4.98 Å². The first kappa shape index (κ1) is 14.9. The predicted octanol–water partition coefficient (Wildman–Crippen LogP) is 3.78. The number of hydrogen-bond acceptors (Lipinski definition) is 4. The fraction of sp³-hybridized carbons (Fsp3) is 0.750. The Balaban J connectivity index is 2.32. The second-order valence-electron chi connectivity index (χ2n) is 3.69. The van der Waals surface area contributed by atoms with E-state index < -0.39 is 0 Å². The fourth-order valence-corrected chi connectivity index (χ4v) is 2.57. The number of aromatic nitrogens is 1. The zero-order chi connectivity index (χ0) is 12.5. The molecule has 1 heterocycles. The standard InChI is InChI=1S/C12H20ClNO2S/c1-3-5-15-6-7-16-11(4-2)12-14-10(8-13)9-17-12/h9,11H,3-8H2,1-2H3. The Labute approximate surface area is 112 Å². The molecule has 0 aliphatic carbocycles. The molecule has 0 amide bonds. The smallest absolute Gasteiger partial charge is 0.122 e. The quantitative estimate of drug-likeness (QED) is 0.508. The Kier molecular flexibility index (Phi) is 7.77. The Hall–Kier alpha value is -0.160. The van der Waals surface area contributed by atoms with Crippen LogP contribution in [-0.4, -0.2) is 24.8 Å². The first-order valence-corrected chi connectivity index (χ1v) is 7.42. The summed E-state index contributed by atoms with van der Waals surface area (Å²) in [4.78, 5) is 4.44. The Morgan fingerprint density at radius 2 is 2.18 bits per heavy atom. The van der Waals surface area contributed by atoms with Gasteiger partial charge in [-0.05, 0) is 12.8 Å². The van der Waals surface area contributed by atoms with E-state index in [9.17, 15) is 0 Å². The summed E-state index contributed by atoms with van der Waals surface area (Å²) >= 11 is 7.35. The Bertz CT molecular complexity index is 306. The van der Waals surface area contributed by atoms with Crippen molar-refractivity contribution in [3.8, 4) is 0 Å². The van der Waals surface area contributed by atoms with E-state index in [1.165, 1.54) is 0 Å². The van der Waals surface area contributed by atoms with Gasteiger partial charge in [0, 0.05) is 12.0 Å². The second kappa shape index (κ2) is 8.86. The van der Waals surface area contributed by atoms with Crippen molar-refractivity contribution in [3.05, 3.63) is 16.1 Å². The van der Waals surface area contributed by atoms with Crippen LogP contribution in [0.2, 0.25) is 0 Å². The van der Waals surface area contributed by atoms with E-state index in [-0.39, 0.29) is 6.10 Å². The number of ether oxygens (including phenoxy) is 2. The molecule has 0 N–H and O–H groups in total. The lowest BCUT2D eigenvalue weighted by Gasteiger charge is -2.13. The lowest BCUT2D eigenvalue weighted by atomic mass is 10.3. The van der Waals surface area contributed by atoms with Gasteiger partial charge in [0.25, 0.3) is 0 Å². The summed E-state index contributed by atoms with van der Waals surface area (Å²) in [6.07, 6.45) is 2.04. The highest BCUT2D eigenvalue weighted by Gasteiger charge is 2.13. The maximum absolute atomic E-state index is 5.76. The third-order valence-corrected chi connectivity index (χ3v) is 3.51. The highest BCUT2D eigenvalue weighted by atomic mass is 35.5. The number of halogens is 1. The molecule has 5 heteroatoms. The van der Waals surface area contributed by atoms with Gasteiger partial charge in [0.2, 0.25) is 0 Å². The first-order chi connectivity index (χ1) is 8.31. The zero-order valence-electron chi connectivity index (χ0n) is 10.4. The van der Waals surface area contributed by atoms with Gasteiger partial charge >= 0.3 is 0 Å². The fourth-order valence-electron chi connectivity index (χ4n) is 1.39. The van der Waals surface area contributed by atoms with Gasteiger partial charge in [-0.2, -0.15) is 0 Å². The highest BCUT2D eigenvalue weighted by Crippen LogP contribution is 2.24. The van der Waals surface area contributed by atoms with Crippen molar-refractivity contribution in [1.29, 1.82) is 0 Å². The minimum absolute atomic E-state index is 0.0715. The summed E-state index contributed by atoms with van der Waals surface area (Å²) in [6.45, 7) is 6.26. The van der Waals surface area contributed by atoms with Crippen molar-refractivity contribution in [2.75, 3.05) is 19.8 Å². The van der Waals surface area contributed by atoms with Gasteiger partial charge in [-0.3, -0.25) is 0 Å². The van der Waals surface area contributed by atoms with Crippen LogP contribution in [0.15, 0.2) is 5.38 Å². The van der Waals surface area contributed by atoms with E-state index in [1.54, 1.807) is 11.3 Å². The first-order valence-electron chi connectivity index (χ1n) is 6.01. The molecular weight excluding hydrogens is 258 g/mol. The number of nitrogens with zero attached hydrogens (tertiary/aromatic N) is 1. The van der Waals surface area contributed by atoms with Crippen LogP contribution in [0.5, 0.6) is 0 Å². The molecule has 1 unspecified atom stereocenters. The van der Waals surface area contributed by atoms with Crippen molar-refractivity contribution in [1.82, 2.24) is 4.98 Å². The number of thiazole rings is 1. The summed E-state index contributed by atoms with van der Waals surface area (Å²) in [5.41, 5.74) is 0.927. The van der Waals surface area contributed by atoms with Crippen molar-refractivity contribution >= 4 is 22.9 Å². The SMILES string of the molecule is CCCOCCOC(CC)c1nc(CCl)cs1. The van der Waals surface area contributed by atoms with Crippen molar-refractivity contribution in [2.45, 2.75) is 38.7 Å². The molecule has 1 aromatic rings. The summed E-state index contributed by atoms with van der Waals surface area (Å²) in [5, 5.41) is 3.00. The minimum atomic E-state index is 0.0715. The maximum Gasteiger partial charge on any atom is 0.122 e. The third-order valence-electron chi connectivity index (χ3n) is 2.25. The average molecular weight is 278 g/mol. The lowest BCUT2D eigenvalue weighted by molar-refractivity contribution is 0.00221. The van der Waals surface area contributed by atoms with Gasteiger partial charge < -0.3 is 9.47 Å². The van der Waals surface area contributed by atoms with Crippen LogP contribution in [-0.2, 0) is 15.4 Å². The number of hydrogen-bond donors (Lipinski definition) is 0. The van der Waals surface area contributed by atoms with Crippen LogP contribution in [0.25, 0.3) is 0 Å². The largest absolute Gasteiger partial charge is 0.379 e. The zero-order valence-corrected chi connectivity index (χ0v) is 12.0. The van der Waals surface area contributed by atoms with E-state index in [0.717, 1.165) is 30.2 Å². The monoisotopic (exact) mass is 277 g/mol. The lowest BCUT2D eigenvalue weighted by Crippen LogP contribution is -2.09. The molecular formula is C12H20ClNO2S. The molecule has 0 fully saturated rings. The topological polar surface area (TPSA) is 31.4 Å². The van der Waals surface area contributed by atoms with E-state index in [0.29, 0.717) is 19.1 Å². The molecule has 17 heavy (non-hydrogen) atoms. The minimum Gasteiger partial charge on any atom is -0.379 e. The molecule has 1 aromatic heterocycles. The Morgan fingerprint density at radius 3 is 2.76 bits per heavy atom. The van der Waals surface area contributed by atoms with E-state index in [2.05, 4.69) is 18.8 Å². The van der Waals surface area contributed by atoms with Crippen LogP contribution in [0.4, 0.5) is 0 Å². The molecule has 0 aliphatic heterocycles. The predicted molar refractivity (Wildman–Crippen MR) is 71.8 cm³/mol. The molecule has 98 valence electrons. The van der Waals surface area contributed by atoms with E-state index in [1.807, 2.05) is 5.38 Å². The molecule has 0 radical (unpaired) electrons. The van der Waals surface area contributed by atoms with Crippen LogP contribution in [0.3, 0.4) is 0 Å². The molecule has 0 aromatic carbocycles. The summed E-state index contributed by atoms with van der Waals surface area (Å²) in [7, 11) is 0. The normalized spacial score (nSPS) is 12.9. The van der Waals surface area contributed by atoms with Gasteiger partial charge in [-0.1, -0.05) is 13.8 Å². The molecule has 0 saturated heterocycles. The van der Waals surface area contributed by atoms with Crippen molar-refractivity contribution in [2.24, 2.45) is 0 Å². The molecule has 1 rings (SSSR count). The van der Waals surface area contributed by atoms with Gasteiger partial charge in [0.15, 0.2) is 0 Å². The van der Waals surface area contributed by atoms with Gasteiger partial charge in [0.1, 0.15) is 11.1 Å².